The summed E-state index contributed by atoms with van der Waals surface area (Å²) in [5, 5.41) is 12.4. The molecule has 0 heterocycles. The summed E-state index contributed by atoms with van der Waals surface area (Å²) in [4.78, 5) is 23.0. The number of amides is 1. The number of nitrogens with two attached hydrogens (primary N) is 1. The molecule has 6 nitrogen and oxygen atoms in total. The van der Waals surface area contributed by atoms with Crippen LogP contribution in [-0.2, 0) is 47.0 Å². The quantitative estimate of drug-likeness (QED) is 0.503. The number of rotatable bonds is 6. The summed E-state index contributed by atoms with van der Waals surface area (Å²) in [7, 11) is 0. The minimum Gasteiger partial charge on any atom is -0.534 e. The zero-order valence-corrected chi connectivity index (χ0v) is 15.0. The van der Waals surface area contributed by atoms with Crippen LogP contribution in [0.15, 0.2) is 12.1 Å². The van der Waals surface area contributed by atoms with Gasteiger partial charge in [0.15, 0.2) is 0 Å². The summed E-state index contributed by atoms with van der Waals surface area (Å²) in [6, 6.07) is 5.28. The van der Waals surface area contributed by atoms with E-state index >= 15 is 0 Å². The molecule has 1 atom stereocenters. The van der Waals surface area contributed by atoms with Gasteiger partial charge in [-0.3, -0.25) is 9.59 Å². The molecule has 0 saturated carbocycles. The number of carbonyl (C=O) groups excluding carboxylic acids is 2. The Bertz CT molecular complexity index is 494. The number of phenols is 1. The monoisotopic (exact) mass is 368 g/mol. The van der Waals surface area contributed by atoms with Crippen molar-refractivity contribution in [3.63, 3.8) is 0 Å². The van der Waals surface area contributed by atoms with Gasteiger partial charge >= 0.3 is 5.97 Å². The Morgan fingerprint density at radius 3 is 2.76 bits per heavy atom. The van der Waals surface area contributed by atoms with Gasteiger partial charge in [-0.25, -0.2) is 0 Å². The predicted molar refractivity (Wildman–Crippen MR) is 72.9 cm³/mol. The molecular formula is C14H19N2O4Y-. The van der Waals surface area contributed by atoms with Crippen molar-refractivity contribution in [3.05, 3.63) is 29.3 Å². The molecule has 4 N–H and O–H groups in total. The van der Waals surface area contributed by atoms with E-state index in [0.29, 0.717) is 5.56 Å². The van der Waals surface area contributed by atoms with Gasteiger partial charge in [0.25, 0.3) is 0 Å². The Kier molecular flexibility index (Phi) is 9.41. The minimum atomic E-state index is -0.693. The van der Waals surface area contributed by atoms with Gasteiger partial charge in [-0.1, -0.05) is 12.5 Å². The zero-order chi connectivity index (χ0) is 15.1. The Morgan fingerprint density at radius 1 is 1.52 bits per heavy atom. The topological polar surface area (TPSA) is 102 Å². The fraction of sp³-hybridized carbons (Fsp3) is 0.429. The molecule has 113 valence electrons. The van der Waals surface area contributed by atoms with Gasteiger partial charge in [0.2, 0.25) is 5.91 Å². The van der Waals surface area contributed by atoms with Gasteiger partial charge in [-0.2, -0.15) is 17.7 Å². The van der Waals surface area contributed by atoms with E-state index in [1.165, 1.54) is 0 Å². The number of esters is 1. The van der Waals surface area contributed by atoms with Crippen molar-refractivity contribution in [1.29, 1.82) is 0 Å². The molecule has 0 aromatic heterocycles. The molecule has 0 aliphatic heterocycles. The molecule has 0 aliphatic carbocycles. The first-order chi connectivity index (χ1) is 9.47. The van der Waals surface area contributed by atoms with Crippen LogP contribution in [0.1, 0.15) is 30.5 Å². The second kappa shape index (κ2) is 9.87. The predicted octanol–water partition coefficient (Wildman–Crippen LogP) is 0.568. The molecule has 1 unspecified atom stereocenters. The van der Waals surface area contributed by atoms with Crippen LogP contribution in [0.2, 0.25) is 0 Å². The fourth-order valence-corrected chi connectivity index (χ4v) is 1.77. The fourth-order valence-electron chi connectivity index (χ4n) is 1.77. The van der Waals surface area contributed by atoms with Crippen molar-refractivity contribution in [2.24, 2.45) is 5.73 Å². The van der Waals surface area contributed by atoms with Gasteiger partial charge in [0.1, 0.15) is 0 Å². The number of hydrogen-bond donors (Lipinski definition) is 3. The zero-order valence-electron chi connectivity index (χ0n) is 12.2. The third-order valence-electron chi connectivity index (χ3n) is 2.67. The molecule has 1 aromatic carbocycles. The van der Waals surface area contributed by atoms with Crippen molar-refractivity contribution in [1.82, 2.24) is 5.32 Å². The first-order valence-corrected chi connectivity index (χ1v) is 6.34. The Labute approximate surface area is 149 Å². The number of ether oxygens (including phenoxy) is 1. The normalized spacial score (nSPS) is 11.2. The van der Waals surface area contributed by atoms with E-state index in [2.05, 4.69) is 11.4 Å². The van der Waals surface area contributed by atoms with E-state index in [0.717, 1.165) is 5.56 Å². The Hall–Kier alpha value is -0.976. The van der Waals surface area contributed by atoms with Crippen LogP contribution in [0.5, 0.6) is 5.75 Å². The number of phenolic OH excluding ortho intramolecular Hbond substituents is 1. The molecule has 0 aliphatic rings. The van der Waals surface area contributed by atoms with Gasteiger partial charge in [0.05, 0.1) is 19.6 Å². The van der Waals surface area contributed by atoms with Crippen molar-refractivity contribution in [2.45, 2.75) is 26.3 Å². The van der Waals surface area contributed by atoms with E-state index in [4.69, 9.17) is 10.5 Å². The molecule has 0 fully saturated rings. The SMILES string of the molecule is CCOC(=O)CC(NC(=O)CN)c1cc(C)c[c-]c1O.[Y]. The van der Waals surface area contributed by atoms with Crippen LogP contribution in [0, 0.1) is 13.0 Å². The van der Waals surface area contributed by atoms with Crippen molar-refractivity contribution < 1.29 is 52.1 Å². The molecule has 1 amide bonds. The molecule has 0 saturated heterocycles. The van der Waals surface area contributed by atoms with Crippen LogP contribution in [-0.4, -0.2) is 30.1 Å². The Morgan fingerprint density at radius 2 is 2.19 bits per heavy atom. The minimum absolute atomic E-state index is 0. The van der Waals surface area contributed by atoms with Gasteiger partial charge in [0, 0.05) is 44.5 Å². The van der Waals surface area contributed by atoms with Crippen LogP contribution in [0.25, 0.3) is 0 Å². The molecule has 21 heavy (non-hydrogen) atoms. The maximum Gasteiger partial charge on any atom is 0.307 e. The van der Waals surface area contributed by atoms with Crippen molar-refractivity contribution in [3.8, 4) is 5.75 Å². The number of hydrogen-bond acceptors (Lipinski definition) is 5. The summed E-state index contributed by atoms with van der Waals surface area (Å²) in [5.74, 6) is -0.988. The van der Waals surface area contributed by atoms with E-state index in [1.807, 2.05) is 6.92 Å². The summed E-state index contributed by atoms with van der Waals surface area (Å²) in [6.07, 6.45) is -0.0789. The van der Waals surface area contributed by atoms with E-state index in [1.54, 1.807) is 19.1 Å². The second-order valence-electron chi connectivity index (χ2n) is 4.31. The molecule has 1 aromatic rings. The largest absolute Gasteiger partial charge is 0.534 e. The summed E-state index contributed by atoms with van der Waals surface area (Å²) < 4.78 is 4.87. The van der Waals surface area contributed by atoms with Crippen LogP contribution >= 0.6 is 0 Å². The van der Waals surface area contributed by atoms with Gasteiger partial charge < -0.3 is 20.9 Å². The summed E-state index contributed by atoms with van der Waals surface area (Å²) in [5.41, 5.74) is 6.53. The first-order valence-electron chi connectivity index (χ1n) is 6.34. The first kappa shape index (κ1) is 20.0. The second-order valence-corrected chi connectivity index (χ2v) is 4.31. The number of aromatic hydroxyl groups is 1. The van der Waals surface area contributed by atoms with Crippen molar-refractivity contribution in [2.75, 3.05) is 13.2 Å². The third-order valence-corrected chi connectivity index (χ3v) is 2.67. The van der Waals surface area contributed by atoms with Crippen LogP contribution in [0.4, 0.5) is 0 Å². The van der Waals surface area contributed by atoms with E-state index in [-0.39, 0.29) is 58.0 Å². The maximum atomic E-state index is 11.6. The van der Waals surface area contributed by atoms with Gasteiger partial charge in [-0.15, -0.1) is 6.07 Å². The smallest absolute Gasteiger partial charge is 0.307 e. The summed E-state index contributed by atoms with van der Waals surface area (Å²) in [6.45, 7) is 3.58. The average molecular weight is 368 g/mol. The molecule has 0 spiro atoms. The standard InChI is InChI=1S/C14H19N2O4.Y/c1-3-20-14(19)7-11(16-13(18)8-15)10-6-9(2)4-5-12(10)17;/h4,6,11,17H,3,7-8,15H2,1-2H3,(H,16,18);/q-1;. The molecule has 7 heteroatoms. The van der Waals surface area contributed by atoms with Crippen LogP contribution in [0.3, 0.4) is 0 Å². The van der Waals surface area contributed by atoms with E-state index in [9.17, 15) is 14.7 Å². The number of nitrogens with one attached hydrogen (secondary N) is 1. The maximum absolute atomic E-state index is 11.6. The molecular weight excluding hydrogens is 349 g/mol. The van der Waals surface area contributed by atoms with Crippen LogP contribution < -0.4 is 11.1 Å². The average Bonchev–Trinajstić information content (AvgIpc) is 2.41. The Balaban J connectivity index is 0.00000400. The molecule has 1 rings (SSSR count). The number of benzene rings is 1. The third kappa shape index (κ3) is 6.54. The summed E-state index contributed by atoms with van der Waals surface area (Å²) >= 11 is 0. The number of aryl methyl sites for hydroxylation is 1. The van der Waals surface area contributed by atoms with Crippen molar-refractivity contribution >= 4 is 11.9 Å². The van der Waals surface area contributed by atoms with Gasteiger partial charge in [-0.05, 0) is 6.92 Å². The van der Waals surface area contributed by atoms with E-state index < -0.39 is 17.9 Å². The number of carbonyl (C=O) groups is 2. The molecule has 0 bridgehead atoms. The molecule has 1 radical (unpaired) electrons.